The molecule has 0 radical (unpaired) electrons. The normalized spacial score (nSPS) is 21.6. The highest BCUT2D eigenvalue weighted by molar-refractivity contribution is 5.89. The van der Waals surface area contributed by atoms with Crippen molar-refractivity contribution < 1.29 is 14.3 Å². The molecule has 0 saturated heterocycles. The van der Waals surface area contributed by atoms with Gasteiger partial charge in [0.05, 0.1) is 5.56 Å². The summed E-state index contributed by atoms with van der Waals surface area (Å²) in [6, 6.07) is 4.63. The number of halogens is 1. The van der Waals surface area contributed by atoms with E-state index in [0.29, 0.717) is 17.1 Å². The first kappa shape index (κ1) is 14.4. The summed E-state index contributed by atoms with van der Waals surface area (Å²) in [6.07, 6.45) is 10.3. The predicted molar refractivity (Wildman–Crippen MR) is 80.1 cm³/mol. The third-order valence-electron chi connectivity index (χ3n) is 5.28. The van der Waals surface area contributed by atoms with E-state index in [-0.39, 0.29) is 5.56 Å². The van der Waals surface area contributed by atoms with E-state index in [2.05, 4.69) is 5.32 Å². The lowest BCUT2D eigenvalue weighted by atomic mass is 9.71. The van der Waals surface area contributed by atoms with Crippen LogP contribution < -0.4 is 5.32 Å². The van der Waals surface area contributed by atoms with Gasteiger partial charge < -0.3 is 10.4 Å². The number of aromatic carboxylic acids is 1. The molecule has 0 aromatic heterocycles. The van der Waals surface area contributed by atoms with E-state index in [1.807, 2.05) is 0 Å². The third kappa shape index (κ3) is 3.04. The fourth-order valence-corrected chi connectivity index (χ4v) is 4.01. The summed E-state index contributed by atoms with van der Waals surface area (Å²) in [6.45, 7) is 0. The minimum atomic E-state index is -1.22. The zero-order chi connectivity index (χ0) is 14.9. The van der Waals surface area contributed by atoms with E-state index >= 15 is 0 Å². The summed E-state index contributed by atoms with van der Waals surface area (Å²) in [4.78, 5) is 11.0. The first-order chi connectivity index (χ1) is 10.1. The first-order valence-electron chi connectivity index (χ1n) is 7.87. The second kappa shape index (κ2) is 5.66. The van der Waals surface area contributed by atoms with Crippen LogP contribution in [0.2, 0.25) is 0 Å². The summed E-state index contributed by atoms with van der Waals surface area (Å²) in [5.41, 5.74) is 1.04. The van der Waals surface area contributed by atoms with Crippen LogP contribution in [-0.4, -0.2) is 17.1 Å². The number of nitrogens with one attached hydrogen (secondary N) is 1. The zero-order valence-corrected chi connectivity index (χ0v) is 12.2. The first-order valence-corrected chi connectivity index (χ1v) is 7.87. The van der Waals surface area contributed by atoms with Crippen molar-refractivity contribution in [3.05, 3.63) is 29.6 Å². The lowest BCUT2D eigenvalue weighted by molar-refractivity contribution is 0.0692. The molecule has 0 heterocycles. The molecule has 0 aliphatic heterocycles. The van der Waals surface area contributed by atoms with E-state index < -0.39 is 11.8 Å². The molecule has 3 rings (SSSR count). The number of hydrogen-bond donors (Lipinski definition) is 2. The summed E-state index contributed by atoms with van der Waals surface area (Å²) >= 11 is 0. The van der Waals surface area contributed by atoms with Crippen LogP contribution in [0, 0.1) is 11.2 Å². The van der Waals surface area contributed by atoms with Crippen LogP contribution in [0.25, 0.3) is 0 Å². The number of anilines is 1. The van der Waals surface area contributed by atoms with Gasteiger partial charge in [-0.15, -0.1) is 0 Å². The monoisotopic (exact) mass is 291 g/mol. The SMILES string of the molecule is O=C(O)c1cc(NC2CCC3(CCCC3)CC2)ccc1F. The van der Waals surface area contributed by atoms with Gasteiger partial charge in [-0.25, -0.2) is 9.18 Å². The van der Waals surface area contributed by atoms with Crippen LogP contribution in [0.4, 0.5) is 10.1 Å². The van der Waals surface area contributed by atoms with Crippen molar-refractivity contribution in [1.29, 1.82) is 0 Å². The Labute approximate surface area is 124 Å². The molecule has 0 bridgehead atoms. The molecule has 2 saturated carbocycles. The molecule has 2 fully saturated rings. The Morgan fingerprint density at radius 1 is 1.19 bits per heavy atom. The summed E-state index contributed by atoms with van der Waals surface area (Å²) < 4.78 is 13.4. The number of carboxylic acid groups (broad SMARTS) is 1. The van der Waals surface area contributed by atoms with E-state index in [4.69, 9.17) is 5.11 Å². The molecular formula is C17H22FNO2. The molecule has 1 aromatic carbocycles. The van der Waals surface area contributed by atoms with Crippen LogP contribution in [0.1, 0.15) is 61.7 Å². The molecule has 21 heavy (non-hydrogen) atoms. The van der Waals surface area contributed by atoms with Gasteiger partial charge in [-0.3, -0.25) is 0 Å². The average Bonchev–Trinajstić information content (AvgIpc) is 2.92. The molecule has 2 aliphatic rings. The fourth-order valence-electron chi connectivity index (χ4n) is 4.01. The van der Waals surface area contributed by atoms with Gasteiger partial charge in [0.15, 0.2) is 0 Å². The Morgan fingerprint density at radius 3 is 2.48 bits per heavy atom. The largest absolute Gasteiger partial charge is 0.478 e. The van der Waals surface area contributed by atoms with Crippen molar-refractivity contribution in [2.24, 2.45) is 5.41 Å². The van der Waals surface area contributed by atoms with E-state index in [1.165, 1.54) is 50.7 Å². The second-order valence-electron chi connectivity index (χ2n) is 6.63. The van der Waals surface area contributed by atoms with Gasteiger partial charge in [0, 0.05) is 11.7 Å². The third-order valence-corrected chi connectivity index (χ3v) is 5.28. The van der Waals surface area contributed by atoms with Gasteiger partial charge >= 0.3 is 5.97 Å². The number of rotatable bonds is 3. The molecule has 2 aliphatic carbocycles. The molecule has 3 nitrogen and oxygen atoms in total. The fraction of sp³-hybridized carbons (Fsp3) is 0.588. The molecule has 2 N–H and O–H groups in total. The van der Waals surface area contributed by atoms with E-state index in [0.717, 1.165) is 12.8 Å². The number of carboxylic acids is 1. The average molecular weight is 291 g/mol. The van der Waals surface area contributed by atoms with Crippen molar-refractivity contribution in [2.45, 2.75) is 57.4 Å². The minimum absolute atomic E-state index is 0.261. The topological polar surface area (TPSA) is 49.3 Å². The van der Waals surface area contributed by atoms with Crippen LogP contribution in [0.15, 0.2) is 18.2 Å². The Hall–Kier alpha value is -1.58. The Kier molecular flexibility index (Phi) is 3.87. The van der Waals surface area contributed by atoms with Gasteiger partial charge in [0.25, 0.3) is 0 Å². The highest BCUT2D eigenvalue weighted by atomic mass is 19.1. The van der Waals surface area contributed by atoms with Crippen LogP contribution in [-0.2, 0) is 0 Å². The van der Waals surface area contributed by atoms with E-state index in [1.54, 1.807) is 6.07 Å². The second-order valence-corrected chi connectivity index (χ2v) is 6.63. The van der Waals surface area contributed by atoms with Gasteiger partial charge in [0.2, 0.25) is 0 Å². The lowest BCUT2D eigenvalue weighted by Gasteiger charge is -2.37. The summed E-state index contributed by atoms with van der Waals surface area (Å²) in [7, 11) is 0. The molecule has 114 valence electrons. The number of carbonyl (C=O) groups is 1. The zero-order valence-electron chi connectivity index (χ0n) is 12.2. The standard InChI is InChI=1S/C17H22FNO2/c18-15-4-3-13(11-14(15)16(20)21)19-12-5-9-17(10-6-12)7-1-2-8-17/h3-4,11-12,19H,1-2,5-10H2,(H,20,21). The lowest BCUT2D eigenvalue weighted by Crippen LogP contribution is -2.31. The van der Waals surface area contributed by atoms with Crippen molar-refractivity contribution in [3.8, 4) is 0 Å². The van der Waals surface area contributed by atoms with Crippen LogP contribution in [0.3, 0.4) is 0 Å². The Morgan fingerprint density at radius 2 is 1.86 bits per heavy atom. The van der Waals surface area contributed by atoms with Gasteiger partial charge in [-0.05, 0) is 62.1 Å². The molecular weight excluding hydrogens is 269 g/mol. The molecule has 0 unspecified atom stereocenters. The Balaban J connectivity index is 1.63. The van der Waals surface area contributed by atoms with Crippen molar-refractivity contribution in [3.63, 3.8) is 0 Å². The summed E-state index contributed by atoms with van der Waals surface area (Å²) in [5.74, 6) is -1.90. The van der Waals surface area contributed by atoms with Gasteiger partial charge in [0.1, 0.15) is 5.82 Å². The van der Waals surface area contributed by atoms with Gasteiger partial charge in [-0.1, -0.05) is 12.8 Å². The van der Waals surface area contributed by atoms with Crippen molar-refractivity contribution >= 4 is 11.7 Å². The number of hydrogen-bond acceptors (Lipinski definition) is 2. The quantitative estimate of drug-likeness (QED) is 0.865. The van der Waals surface area contributed by atoms with Gasteiger partial charge in [-0.2, -0.15) is 0 Å². The smallest absolute Gasteiger partial charge is 0.338 e. The van der Waals surface area contributed by atoms with Crippen molar-refractivity contribution in [2.75, 3.05) is 5.32 Å². The Bertz CT molecular complexity index is 528. The summed E-state index contributed by atoms with van der Waals surface area (Å²) in [5, 5.41) is 12.3. The highest BCUT2D eigenvalue weighted by Gasteiger charge is 2.37. The van der Waals surface area contributed by atoms with Crippen LogP contribution in [0.5, 0.6) is 0 Å². The maximum atomic E-state index is 13.4. The maximum absolute atomic E-state index is 13.4. The predicted octanol–water partition coefficient (Wildman–Crippen LogP) is 4.44. The van der Waals surface area contributed by atoms with Crippen molar-refractivity contribution in [1.82, 2.24) is 0 Å². The molecule has 1 spiro atoms. The molecule has 4 heteroatoms. The molecule has 0 amide bonds. The molecule has 1 aromatic rings. The number of benzene rings is 1. The van der Waals surface area contributed by atoms with Crippen LogP contribution >= 0.6 is 0 Å². The minimum Gasteiger partial charge on any atom is -0.478 e. The molecule has 0 atom stereocenters. The van der Waals surface area contributed by atoms with E-state index in [9.17, 15) is 9.18 Å². The highest BCUT2D eigenvalue weighted by Crippen LogP contribution is 2.49. The maximum Gasteiger partial charge on any atom is 0.338 e.